The first-order valence-corrected chi connectivity index (χ1v) is 11.5. The van der Waals surface area contributed by atoms with Crippen LogP contribution >= 0.6 is 11.3 Å². The van der Waals surface area contributed by atoms with Crippen LogP contribution in [-0.4, -0.2) is 41.1 Å². The Balaban J connectivity index is 1.98. The molecule has 0 amide bonds. The summed E-state index contributed by atoms with van der Waals surface area (Å²) in [5.74, 6) is 0.524. The normalized spacial score (nSPS) is 15.7. The highest BCUT2D eigenvalue weighted by molar-refractivity contribution is 7.07. The van der Waals surface area contributed by atoms with E-state index in [4.69, 9.17) is 14.2 Å². The minimum atomic E-state index is -0.729. The first-order valence-electron chi connectivity index (χ1n) is 10.7. The van der Waals surface area contributed by atoms with Crippen molar-refractivity contribution in [2.24, 2.45) is 12.0 Å². The number of benzene rings is 1. The summed E-state index contributed by atoms with van der Waals surface area (Å²) in [6, 6.07) is 4.60. The number of allylic oxidation sites excluding steroid dienone is 1. The van der Waals surface area contributed by atoms with Gasteiger partial charge in [0.25, 0.3) is 5.56 Å². The van der Waals surface area contributed by atoms with Gasteiger partial charge in [0.2, 0.25) is 0 Å². The smallest absolute Gasteiger partial charge is 0.338 e. The monoisotopic (exact) mass is 482 g/mol. The molecule has 9 nitrogen and oxygen atoms in total. The highest BCUT2D eigenvalue weighted by atomic mass is 32.1. The van der Waals surface area contributed by atoms with Gasteiger partial charge in [-0.15, -0.1) is 0 Å². The fraction of sp³-hybridized carbons (Fsp3) is 0.333. The molecule has 0 bridgehead atoms. The van der Waals surface area contributed by atoms with Crippen molar-refractivity contribution in [1.82, 2.24) is 14.3 Å². The van der Waals surface area contributed by atoms with Gasteiger partial charge in [0.05, 0.1) is 48.9 Å². The van der Waals surface area contributed by atoms with Gasteiger partial charge in [-0.1, -0.05) is 17.4 Å². The molecule has 178 valence electrons. The Hall–Kier alpha value is -3.66. The summed E-state index contributed by atoms with van der Waals surface area (Å²) in [5, 5.41) is 4.25. The van der Waals surface area contributed by atoms with Crippen molar-refractivity contribution in [3.05, 3.63) is 72.2 Å². The Labute approximate surface area is 200 Å². The van der Waals surface area contributed by atoms with E-state index in [1.807, 2.05) is 20.0 Å². The van der Waals surface area contributed by atoms with Crippen LogP contribution in [0.25, 0.3) is 6.08 Å². The zero-order valence-electron chi connectivity index (χ0n) is 19.9. The number of aromatic nitrogens is 3. The van der Waals surface area contributed by atoms with Crippen molar-refractivity contribution in [2.75, 3.05) is 20.8 Å². The molecule has 1 aliphatic rings. The van der Waals surface area contributed by atoms with Crippen molar-refractivity contribution < 1.29 is 19.0 Å². The number of methoxy groups -OCH3 is 2. The van der Waals surface area contributed by atoms with Crippen LogP contribution in [0.5, 0.6) is 11.5 Å². The second kappa shape index (κ2) is 9.30. The molecule has 2 aromatic heterocycles. The third-order valence-electron chi connectivity index (χ3n) is 5.80. The Kier molecular flexibility index (Phi) is 6.43. The molecule has 0 saturated heterocycles. The second-order valence-electron chi connectivity index (χ2n) is 7.73. The standard InChI is InChI=1S/C24H26N4O5S/c1-7-33-23(30)20-13(2)26-24-28(21(20)15-8-9-17(31-5)18(10-15)32-6)22(29)19(34-24)11-16-12-25-27(4)14(16)3/h8-12,21H,7H2,1-6H3/b19-11-. The van der Waals surface area contributed by atoms with Gasteiger partial charge < -0.3 is 14.2 Å². The third-order valence-corrected chi connectivity index (χ3v) is 6.78. The van der Waals surface area contributed by atoms with Gasteiger partial charge in [-0.05, 0) is 44.5 Å². The lowest BCUT2D eigenvalue weighted by Gasteiger charge is -2.25. The van der Waals surface area contributed by atoms with E-state index in [2.05, 4.69) is 10.1 Å². The number of carbonyl (C=O) groups is 1. The fourth-order valence-electron chi connectivity index (χ4n) is 3.93. The highest BCUT2D eigenvalue weighted by Crippen LogP contribution is 2.36. The van der Waals surface area contributed by atoms with E-state index >= 15 is 0 Å². The maximum absolute atomic E-state index is 13.7. The van der Waals surface area contributed by atoms with E-state index < -0.39 is 12.0 Å². The van der Waals surface area contributed by atoms with E-state index in [1.165, 1.54) is 18.4 Å². The molecule has 4 rings (SSSR count). The minimum absolute atomic E-state index is 0.207. The van der Waals surface area contributed by atoms with Gasteiger partial charge in [0.1, 0.15) is 0 Å². The lowest BCUT2D eigenvalue weighted by Crippen LogP contribution is -2.40. The van der Waals surface area contributed by atoms with Gasteiger partial charge in [-0.25, -0.2) is 9.79 Å². The number of rotatable bonds is 6. The van der Waals surface area contributed by atoms with Gasteiger partial charge in [-0.3, -0.25) is 14.0 Å². The van der Waals surface area contributed by atoms with Gasteiger partial charge in [-0.2, -0.15) is 5.10 Å². The molecular formula is C24H26N4O5S. The third kappa shape index (κ3) is 3.94. The van der Waals surface area contributed by atoms with Crippen LogP contribution in [0.3, 0.4) is 0 Å². The maximum atomic E-state index is 13.7. The van der Waals surface area contributed by atoms with Crippen LogP contribution in [0.2, 0.25) is 0 Å². The quantitative estimate of drug-likeness (QED) is 0.498. The molecule has 0 radical (unpaired) electrons. The van der Waals surface area contributed by atoms with Crippen LogP contribution in [0.15, 0.2) is 45.5 Å². The number of hydrogen-bond donors (Lipinski definition) is 0. The van der Waals surface area contributed by atoms with Crippen molar-refractivity contribution in [1.29, 1.82) is 0 Å². The first-order chi connectivity index (χ1) is 16.3. The molecule has 0 aliphatic carbocycles. The average molecular weight is 483 g/mol. The van der Waals surface area contributed by atoms with Crippen molar-refractivity contribution in [3.8, 4) is 11.5 Å². The Morgan fingerprint density at radius 1 is 1.21 bits per heavy atom. The number of fused-ring (bicyclic) bond motifs is 1. The summed E-state index contributed by atoms with van der Waals surface area (Å²) >= 11 is 1.27. The number of esters is 1. The number of ether oxygens (including phenoxy) is 3. The number of thiazole rings is 1. The zero-order valence-corrected chi connectivity index (χ0v) is 20.7. The summed E-state index contributed by atoms with van der Waals surface area (Å²) in [4.78, 5) is 31.8. The van der Waals surface area contributed by atoms with E-state index in [1.54, 1.807) is 54.6 Å². The number of carbonyl (C=O) groups excluding carboxylic acids is 1. The molecule has 3 heterocycles. The van der Waals surface area contributed by atoms with Gasteiger partial charge >= 0.3 is 5.97 Å². The maximum Gasteiger partial charge on any atom is 0.338 e. The first kappa shape index (κ1) is 23.5. The largest absolute Gasteiger partial charge is 0.493 e. The Morgan fingerprint density at radius 2 is 1.94 bits per heavy atom. The van der Waals surface area contributed by atoms with Crippen LogP contribution in [-0.2, 0) is 16.6 Å². The summed E-state index contributed by atoms with van der Waals surface area (Å²) < 4.78 is 20.0. The Morgan fingerprint density at radius 3 is 2.56 bits per heavy atom. The topological polar surface area (TPSA) is 96.9 Å². The molecule has 10 heteroatoms. The molecular weight excluding hydrogens is 456 g/mol. The molecule has 0 saturated carbocycles. The predicted molar refractivity (Wildman–Crippen MR) is 128 cm³/mol. The molecule has 0 spiro atoms. The number of nitrogens with zero attached hydrogens (tertiary/aromatic N) is 4. The molecule has 1 aromatic carbocycles. The van der Waals surface area contributed by atoms with Gasteiger partial charge in [0, 0.05) is 18.3 Å². The molecule has 1 unspecified atom stereocenters. The summed E-state index contributed by atoms with van der Waals surface area (Å²) in [7, 11) is 4.94. The number of hydrogen-bond acceptors (Lipinski definition) is 8. The molecule has 3 aromatic rings. The molecule has 1 aliphatic heterocycles. The van der Waals surface area contributed by atoms with Crippen LogP contribution in [0.1, 0.15) is 36.7 Å². The van der Waals surface area contributed by atoms with E-state index in [9.17, 15) is 9.59 Å². The van der Waals surface area contributed by atoms with E-state index in [-0.39, 0.29) is 12.2 Å². The van der Waals surface area contributed by atoms with Gasteiger partial charge in [0.15, 0.2) is 16.3 Å². The zero-order chi connectivity index (χ0) is 24.6. The predicted octanol–water partition coefficient (Wildman–Crippen LogP) is 1.86. The van der Waals surface area contributed by atoms with Crippen molar-refractivity contribution in [3.63, 3.8) is 0 Å². The summed E-state index contributed by atoms with van der Waals surface area (Å²) in [6.45, 7) is 5.64. The molecule has 1 atom stereocenters. The SMILES string of the molecule is CCOC(=O)C1=C(C)N=c2s/c(=C\c3cnn(C)c3C)c(=O)n2C1c1ccc(OC)c(OC)c1. The number of aryl methyl sites for hydroxylation is 1. The second-order valence-corrected chi connectivity index (χ2v) is 8.73. The summed E-state index contributed by atoms with van der Waals surface area (Å²) in [5.41, 5.74) is 3.03. The fourth-order valence-corrected chi connectivity index (χ4v) is 4.97. The van der Waals surface area contributed by atoms with Crippen LogP contribution in [0, 0.1) is 6.92 Å². The molecule has 34 heavy (non-hydrogen) atoms. The molecule has 0 N–H and O–H groups in total. The van der Waals surface area contributed by atoms with Crippen molar-refractivity contribution >= 4 is 23.4 Å². The molecule has 0 fully saturated rings. The van der Waals surface area contributed by atoms with E-state index in [0.29, 0.717) is 37.7 Å². The van der Waals surface area contributed by atoms with E-state index in [0.717, 1.165) is 11.3 Å². The summed E-state index contributed by atoms with van der Waals surface area (Å²) in [6.07, 6.45) is 3.52. The minimum Gasteiger partial charge on any atom is -0.493 e. The highest BCUT2D eigenvalue weighted by Gasteiger charge is 2.34. The average Bonchev–Trinajstić information content (AvgIpc) is 3.30. The van der Waals surface area contributed by atoms with Crippen molar-refractivity contribution in [2.45, 2.75) is 26.8 Å². The lowest BCUT2D eigenvalue weighted by atomic mass is 9.95. The lowest BCUT2D eigenvalue weighted by molar-refractivity contribution is -0.139. The Bertz CT molecular complexity index is 1480. The van der Waals surface area contributed by atoms with Crippen LogP contribution in [0.4, 0.5) is 0 Å². The van der Waals surface area contributed by atoms with Crippen LogP contribution < -0.4 is 24.4 Å².